The first-order chi connectivity index (χ1) is 9.01. The molecule has 104 valence electrons. The monoisotopic (exact) mass is 282 g/mol. The molecule has 0 bridgehead atoms. The second kappa shape index (κ2) is 5.90. The SMILES string of the molecule is C[C@H](N)C(=O)OC1(Cc2ccc(Cl)cc2)CCNC1. The number of benzene rings is 1. The van der Waals surface area contributed by atoms with Gasteiger partial charge >= 0.3 is 5.97 Å². The largest absolute Gasteiger partial charge is 0.456 e. The number of hydrogen-bond donors (Lipinski definition) is 2. The molecule has 0 radical (unpaired) electrons. The average molecular weight is 283 g/mol. The maximum Gasteiger partial charge on any atom is 0.323 e. The Kier molecular flexibility index (Phi) is 4.45. The van der Waals surface area contributed by atoms with Crippen molar-refractivity contribution in [2.24, 2.45) is 5.73 Å². The van der Waals surface area contributed by atoms with Gasteiger partial charge in [-0.2, -0.15) is 0 Å². The van der Waals surface area contributed by atoms with Crippen LogP contribution in [-0.2, 0) is 16.0 Å². The van der Waals surface area contributed by atoms with Crippen molar-refractivity contribution in [1.82, 2.24) is 5.32 Å². The molecule has 1 fully saturated rings. The lowest BCUT2D eigenvalue weighted by Crippen LogP contribution is -2.43. The van der Waals surface area contributed by atoms with Gasteiger partial charge in [-0.05, 0) is 31.2 Å². The predicted octanol–water partition coefficient (Wildman–Crippen LogP) is 1.50. The maximum absolute atomic E-state index is 11.8. The lowest BCUT2D eigenvalue weighted by Gasteiger charge is -2.29. The highest BCUT2D eigenvalue weighted by atomic mass is 35.5. The van der Waals surface area contributed by atoms with E-state index in [4.69, 9.17) is 22.1 Å². The third-order valence-electron chi connectivity index (χ3n) is 3.33. The second-order valence-corrected chi connectivity index (χ2v) is 5.56. The van der Waals surface area contributed by atoms with Crippen LogP contribution < -0.4 is 11.1 Å². The molecule has 0 spiro atoms. The maximum atomic E-state index is 11.8. The minimum Gasteiger partial charge on any atom is -0.456 e. The number of hydrogen-bond acceptors (Lipinski definition) is 4. The van der Waals surface area contributed by atoms with Gasteiger partial charge in [0.1, 0.15) is 11.6 Å². The number of ether oxygens (including phenoxy) is 1. The van der Waals surface area contributed by atoms with Crippen LogP contribution in [0.5, 0.6) is 0 Å². The molecule has 1 aromatic rings. The van der Waals surface area contributed by atoms with Gasteiger partial charge in [-0.1, -0.05) is 23.7 Å². The van der Waals surface area contributed by atoms with Crippen LogP contribution in [0.1, 0.15) is 18.9 Å². The molecule has 2 atom stereocenters. The fraction of sp³-hybridized carbons (Fsp3) is 0.500. The molecule has 0 aromatic heterocycles. The molecule has 0 amide bonds. The van der Waals surface area contributed by atoms with Crippen LogP contribution in [0.3, 0.4) is 0 Å². The summed E-state index contributed by atoms with van der Waals surface area (Å²) in [4.78, 5) is 11.8. The van der Waals surface area contributed by atoms with Crippen molar-refractivity contribution in [3.63, 3.8) is 0 Å². The quantitative estimate of drug-likeness (QED) is 0.822. The third-order valence-corrected chi connectivity index (χ3v) is 3.58. The molecule has 1 saturated heterocycles. The molecule has 2 rings (SSSR count). The van der Waals surface area contributed by atoms with Crippen LogP contribution in [0.25, 0.3) is 0 Å². The van der Waals surface area contributed by atoms with E-state index >= 15 is 0 Å². The Morgan fingerprint density at radius 3 is 2.74 bits per heavy atom. The van der Waals surface area contributed by atoms with Crippen molar-refractivity contribution in [2.75, 3.05) is 13.1 Å². The average Bonchev–Trinajstić information content (AvgIpc) is 2.80. The zero-order valence-corrected chi connectivity index (χ0v) is 11.7. The van der Waals surface area contributed by atoms with E-state index in [0.29, 0.717) is 18.0 Å². The van der Waals surface area contributed by atoms with Gasteiger partial charge in [0, 0.05) is 24.4 Å². The van der Waals surface area contributed by atoms with E-state index in [2.05, 4.69) is 5.32 Å². The Hall–Kier alpha value is -1.10. The van der Waals surface area contributed by atoms with E-state index in [-0.39, 0.29) is 5.97 Å². The van der Waals surface area contributed by atoms with Gasteiger partial charge in [-0.15, -0.1) is 0 Å². The molecule has 1 aliphatic rings. The Morgan fingerprint density at radius 2 is 2.21 bits per heavy atom. The first kappa shape index (κ1) is 14.3. The summed E-state index contributed by atoms with van der Waals surface area (Å²) in [5.74, 6) is -0.349. The Bertz CT molecular complexity index is 439. The van der Waals surface area contributed by atoms with Crippen LogP contribution >= 0.6 is 11.6 Å². The number of carbonyl (C=O) groups excluding carboxylic acids is 1. The molecule has 0 aliphatic carbocycles. The Labute approximate surface area is 118 Å². The molecule has 1 aromatic carbocycles. The number of halogens is 1. The lowest BCUT2D eigenvalue weighted by atomic mass is 9.93. The molecule has 5 heteroatoms. The molecule has 1 heterocycles. The van der Waals surface area contributed by atoms with Crippen LogP contribution in [0.2, 0.25) is 5.02 Å². The van der Waals surface area contributed by atoms with Gasteiger partial charge in [0.2, 0.25) is 0 Å². The van der Waals surface area contributed by atoms with Crippen molar-refractivity contribution in [1.29, 1.82) is 0 Å². The number of nitrogens with one attached hydrogen (secondary N) is 1. The van der Waals surface area contributed by atoms with E-state index in [1.807, 2.05) is 24.3 Å². The van der Waals surface area contributed by atoms with Gasteiger partial charge in [-0.25, -0.2) is 0 Å². The third kappa shape index (κ3) is 3.69. The zero-order valence-electron chi connectivity index (χ0n) is 11.0. The normalized spacial score (nSPS) is 24.2. The van der Waals surface area contributed by atoms with Gasteiger partial charge in [0.05, 0.1) is 0 Å². The Morgan fingerprint density at radius 1 is 1.53 bits per heavy atom. The van der Waals surface area contributed by atoms with Gasteiger partial charge < -0.3 is 15.8 Å². The van der Waals surface area contributed by atoms with E-state index in [1.165, 1.54) is 0 Å². The van der Waals surface area contributed by atoms with E-state index < -0.39 is 11.6 Å². The summed E-state index contributed by atoms with van der Waals surface area (Å²) in [6.45, 7) is 3.15. The van der Waals surface area contributed by atoms with Crippen LogP contribution in [0.4, 0.5) is 0 Å². The van der Waals surface area contributed by atoms with Crippen molar-refractivity contribution < 1.29 is 9.53 Å². The van der Waals surface area contributed by atoms with Crippen LogP contribution in [0, 0.1) is 0 Å². The molecule has 0 saturated carbocycles. The molecular formula is C14H19ClN2O2. The predicted molar refractivity (Wildman–Crippen MR) is 75.1 cm³/mol. The summed E-state index contributed by atoms with van der Waals surface area (Å²) in [7, 11) is 0. The van der Waals surface area contributed by atoms with Gasteiger partial charge in [-0.3, -0.25) is 4.79 Å². The topological polar surface area (TPSA) is 64.4 Å². The summed E-state index contributed by atoms with van der Waals surface area (Å²) in [5, 5.41) is 3.95. The molecule has 3 N–H and O–H groups in total. The second-order valence-electron chi connectivity index (χ2n) is 5.12. The smallest absolute Gasteiger partial charge is 0.323 e. The Balaban J connectivity index is 2.11. The summed E-state index contributed by atoms with van der Waals surface area (Å²) in [6.07, 6.45) is 1.48. The van der Waals surface area contributed by atoms with E-state index in [0.717, 1.165) is 18.5 Å². The summed E-state index contributed by atoms with van der Waals surface area (Å²) < 4.78 is 5.64. The van der Waals surface area contributed by atoms with Gasteiger partial charge in [0.15, 0.2) is 0 Å². The van der Waals surface area contributed by atoms with Crippen molar-refractivity contribution in [2.45, 2.75) is 31.4 Å². The lowest BCUT2D eigenvalue weighted by molar-refractivity contribution is -0.159. The minimum absolute atomic E-state index is 0.349. The standard InChI is InChI=1S/C14H19ClN2O2/c1-10(16)13(18)19-14(6-7-17-9-14)8-11-2-4-12(15)5-3-11/h2-5,10,17H,6-9,16H2,1H3/t10-,14?/m0/s1. The first-order valence-electron chi connectivity index (χ1n) is 6.44. The highest BCUT2D eigenvalue weighted by molar-refractivity contribution is 6.30. The molecule has 19 heavy (non-hydrogen) atoms. The summed E-state index contributed by atoms with van der Waals surface area (Å²) in [6, 6.07) is 7.02. The zero-order chi connectivity index (χ0) is 13.9. The first-order valence-corrected chi connectivity index (χ1v) is 6.82. The van der Waals surface area contributed by atoms with E-state index in [1.54, 1.807) is 6.92 Å². The van der Waals surface area contributed by atoms with Crippen molar-refractivity contribution >= 4 is 17.6 Å². The molecule has 1 unspecified atom stereocenters. The molecule has 1 aliphatic heterocycles. The fourth-order valence-electron chi connectivity index (χ4n) is 2.28. The minimum atomic E-state index is -0.595. The van der Waals surface area contributed by atoms with Gasteiger partial charge in [0.25, 0.3) is 0 Å². The van der Waals surface area contributed by atoms with Crippen LogP contribution in [-0.4, -0.2) is 30.7 Å². The molecule has 4 nitrogen and oxygen atoms in total. The number of nitrogens with two attached hydrogens (primary N) is 1. The van der Waals surface area contributed by atoms with Crippen molar-refractivity contribution in [3.05, 3.63) is 34.9 Å². The molecular weight excluding hydrogens is 264 g/mol. The highest BCUT2D eigenvalue weighted by Crippen LogP contribution is 2.26. The van der Waals surface area contributed by atoms with Crippen LogP contribution in [0.15, 0.2) is 24.3 Å². The number of carbonyl (C=O) groups is 1. The van der Waals surface area contributed by atoms with E-state index in [9.17, 15) is 4.79 Å². The summed E-state index contributed by atoms with van der Waals surface area (Å²) in [5.41, 5.74) is 6.19. The summed E-state index contributed by atoms with van der Waals surface area (Å²) >= 11 is 5.87. The highest BCUT2D eigenvalue weighted by Gasteiger charge is 2.38. The number of esters is 1. The fourth-order valence-corrected chi connectivity index (χ4v) is 2.40. The number of rotatable bonds is 4. The van der Waals surface area contributed by atoms with Crippen molar-refractivity contribution in [3.8, 4) is 0 Å².